The van der Waals surface area contributed by atoms with Gasteiger partial charge in [-0.2, -0.15) is 0 Å². The van der Waals surface area contributed by atoms with E-state index in [2.05, 4.69) is 12.1 Å². The van der Waals surface area contributed by atoms with Crippen LogP contribution in [0.15, 0.2) is 18.2 Å². The maximum Gasteiger partial charge on any atom is 0.160 e. The van der Waals surface area contributed by atoms with Gasteiger partial charge in [0.05, 0.1) is 14.2 Å². The average molecular weight is 249 g/mol. The summed E-state index contributed by atoms with van der Waals surface area (Å²) in [6, 6.07) is 6.26. The highest BCUT2D eigenvalue weighted by atomic mass is 16.5. The fourth-order valence-electron chi connectivity index (χ4n) is 2.78. The molecule has 0 aliphatic heterocycles. The number of benzene rings is 1. The molecule has 1 aromatic rings. The van der Waals surface area contributed by atoms with Crippen LogP contribution in [0.2, 0.25) is 0 Å². The molecule has 0 amide bonds. The molecule has 0 radical (unpaired) electrons. The second-order valence-electron chi connectivity index (χ2n) is 4.99. The molecule has 1 atom stereocenters. The number of hydrogen-bond donors (Lipinski definition) is 1. The van der Waals surface area contributed by atoms with Gasteiger partial charge in [0.2, 0.25) is 0 Å². The molecule has 2 N–H and O–H groups in total. The smallest absolute Gasteiger partial charge is 0.160 e. The van der Waals surface area contributed by atoms with Gasteiger partial charge >= 0.3 is 0 Å². The molecule has 1 aliphatic carbocycles. The first kappa shape index (κ1) is 13.2. The summed E-state index contributed by atoms with van der Waals surface area (Å²) in [5, 5.41) is 0. The van der Waals surface area contributed by atoms with E-state index in [1.807, 2.05) is 6.07 Å². The Morgan fingerprint density at radius 3 is 2.44 bits per heavy atom. The maximum absolute atomic E-state index is 5.75. The Hall–Kier alpha value is -1.22. The molecule has 1 saturated carbocycles. The number of nitrogens with two attached hydrogens (primary N) is 1. The number of ether oxygens (including phenoxy) is 2. The van der Waals surface area contributed by atoms with Crippen LogP contribution in [-0.2, 0) is 0 Å². The van der Waals surface area contributed by atoms with E-state index in [1.165, 1.54) is 24.8 Å². The quantitative estimate of drug-likeness (QED) is 0.843. The van der Waals surface area contributed by atoms with Crippen LogP contribution in [0.5, 0.6) is 11.5 Å². The minimum absolute atomic E-state index is 0.573. The number of rotatable bonds is 6. The molecule has 0 saturated heterocycles. The zero-order valence-electron chi connectivity index (χ0n) is 11.3. The van der Waals surface area contributed by atoms with E-state index < -0.39 is 0 Å². The van der Waals surface area contributed by atoms with Gasteiger partial charge in [0.15, 0.2) is 11.5 Å². The van der Waals surface area contributed by atoms with Crippen LogP contribution >= 0.6 is 0 Å². The highest BCUT2D eigenvalue weighted by Crippen LogP contribution is 2.42. The van der Waals surface area contributed by atoms with Gasteiger partial charge in [-0.25, -0.2) is 0 Å². The van der Waals surface area contributed by atoms with Crippen LogP contribution < -0.4 is 15.2 Å². The second-order valence-corrected chi connectivity index (χ2v) is 4.99. The van der Waals surface area contributed by atoms with Crippen molar-refractivity contribution in [2.75, 3.05) is 20.8 Å². The summed E-state index contributed by atoms with van der Waals surface area (Å²) in [4.78, 5) is 0. The normalized spacial score (nSPS) is 17.1. The SMILES string of the molecule is COc1ccc(C(CCN)C2CCC2)cc1OC. The monoisotopic (exact) mass is 249 g/mol. The van der Waals surface area contributed by atoms with E-state index in [0.717, 1.165) is 30.4 Å². The van der Waals surface area contributed by atoms with Crippen molar-refractivity contribution >= 4 is 0 Å². The van der Waals surface area contributed by atoms with Gasteiger partial charge in [0, 0.05) is 0 Å². The van der Waals surface area contributed by atoms with E-state index >= 15 is 0 Å². The molecule has 1 aliphatic rings. The number of hydrogen-bond acceptors (Lipinski definition) is 3. The standard InChI is InChI=1S/C15H23NO2/c1-17-14-7-6-12(10-15(14)18-2)13(8-9-16)11-4-3-5-11/h6-7,10-11,13H,3-5,8-9,16H2,1-2H3. The van der Waals surface area contributed by atoms with Gasteiger partial charge in [-0.1, -0.05) is 12.5 Å². The van der Waals surface area contributed by atoms with Crippen molar-refractivity contribution in [1.29, 1.82) is 0 Å². The van der Waals surface area contributed by atoms with E-state index in [9.17, 15) is 0 Å². The minimum Gasteiger partial charge on any atom is -0.493 e. The molecule has 0 spiro atoms. The van der Waals surface area contributed by atoms with Crippen molar-refractivity contribution in [2.24, 2.45) is 11.7 Å². The molecule has 1 aromatic carbocycles. The lowest BCUT2D eigenvalue weighted by Crippen LogP contribution is -2.22. The van der Waals surface area contributed by atoms with Crippen LogP contribution in [0.25, 0.3) is 0 Å². The molecular formula is C15H23NO2. The molecule has 2 rings (SSSR count). The third-order valence-electron chi connectivity index (χ3n) is 4.03. The van der Waals surface area contributed by atoms with Crippen LogP contribution in [-0.4, -0.2) is 20.8 Å². The van der Waals surface area contributed by atoms with Gasteiger partial charge in [0.1, 0.15) is 0 Å². The largest absolute Gasteiger partial charge is 0.493 e. The van der Waals surface area contributed by atoms with Crippen LogP contribution in [0, 0.1) is 5.92 Å². The van der Waals surface area contributed by atoms with E-state index in [1.54, 1.807) is 14.2 Å². The Kier molecular flexibility index (Phi) is 4.48. The summed E-state index contributed by atoms with van der Waals surface area (Å²) in [5.74, 6) is 2.98. The fourth-order valence-corrected chi connectivity index (χ4v) is 2.78. The molecule has 1 unspecified atom stereocenters. The van der Waals surface area contributed by atoms with Gasteiger partial charge < -0.3 is 15.2 Å². The van der Waals surface area contributed by atoms with E-state index in [0.29, 0.717) is 5.92 Å². The maximum atomic E-state index is 5.75. The van der Waals surface area contributed by atoms with Gasteiger partial charge in [-0.05, 0) is 55.3 Å². The molecule has 3 nitrogen and oxygen atoms in total. The Balaban J connectivity index is 2.23. The van der Waals surface area contributed by atoms with Crippen molar-refractivity contribution < 1.29 is 9.47 Å². The van der Waals surface area contributed by atoms with Crippen molar-refractivity contribution in [3.05, 3.63) is 23.8 Å². The van der Waals surface area contributed by atoms with Gasteiger partial charge in [-0.15, -0.1) is 0 Å². The summed E-state index contributed by atoms with van der Waals surface area (Å²) in [7, 11) is 3.35. The first-order chi connectivity index (χ1) is 8.80. The molecule has 100 valence electrons. The zero-order chi connectivity index (χ0) is 13.0. The predicted octanol–water partition coefficient (Wildman–Crippen LogP) is 2.94. The van der Waals surface area contributed by atoms with Crippen LogP contribution in [0.4, 0.5) is 0 Å². The Bertz CT molecular complexity index is 388. The third kappa shape index (κ3) is 2.61. The lowest BCUT2D eigenvalue weighted by Gasteiger charge is -2.34. The molecule has 18 heavy (non-hydrogen) atoms. The summed E-state index contributed by atoms with van der Waals surface area (Å²) in [6.07, 6.45) is 5.08. The summed E-state index contributed by atoms with van der Waals surface area (Å²) < 4.78 is 10.7. The first-order valence-electron chi connectivity index (χ1n) is 6.72. The molecule has 0 bridgehead atoms. The van der Waals surface area contributed by atoms with E-state index in [-0.39, 0.29) is 0 Å². The lowest BCUT2D eigenvalue weighted by atomic mass is 9.71. The summed E-state index contributed by atoms with van der Waals surface area (Å²) >= 11 is 0. The fraction of sp³-hybridized carbons (Fsp3) is 0.600. The Morgan fingerprint density at radius 1 is 1.22 bits per heavy atom. The summed E-state index contributed by atoms with van der Waals surface area (Å²) in [6.45, 7) is 0.746. The Morgan fingerprint density at radius 2 is 1.94 bits per heavy atom. The lowest BCUT2D eigenvalue weighted by molar-refractivity contribution is 0.252. The van der Waals surface area contributed by atoms with E-state index in [4.69, 9.17) is 15.2 Å². The molecule has 3 heteroatoms. The van der Waals surface area contributed by atoms with Crippen molar-refractivity contribution in [3.63, 3.8) is 0 Å². The minimum atomic E-state index is 0.573. The molecule has 0 aromatic heterocycles. The zero-order valence-corrected chi connectivity index (χ0v) is 11.3. The third-order valence-corrected chi connectivity index (χ3v) is 4.03. The van der Waals surface area contributed by atoms with Crippen molar-refractivity contribution in [1.82, 2.24) is 0 Å². The summed E-state index contributed by atoms with van der Waals surface area (Å²) in [5.41, 5.74) is 7.09. The topological polar surface area (TPSA) is 44.5 Å². The molecular weight excluding hydrogens is 226 g/mol. The predicted molar refractivity (Wildman–Crippen MR) is 73.3 cm³/mol. The Labute approximate surface area is 109 Å². The number of methoxy groups -OCH3 is 2. The molecule has 0 heterocycles. The van der Waals surface area contributed by atoms with Gasteiger partial charge in [0.25, 0.3) is 0 Å². The first-order valence-corrected chi connectivity index (χ1v) is 6.72. The average Bonchev–Trinajstić information content (AvgIpc) is 2.35. The van der Waals surface area contributed by atoms with Gasteiger partial charge in [-0.3, -0.25) is 0 Å². The molecule has 1 fully saturated rings. The van der Waals surface area contributed by atoms with Crippen molar-refractivity contribution in [2.45, 2.75) is 31.6 Å². The highest BCUT2D eigenvalue weighted by molar-refractivity contribution is 5.44. The second kappa shape index (κ2) is 6.10. The van der Waals surface area contributed by atoms with Crippen molar-refractivity contribution in [3.8, 4) is 11.5 Å². The van der Waals surface area contributed by atoms with Crippen LogP contribution in [0.3, 0.4) is 0 Å². The highest BCUT2D eigenvalue weighted by Gasteiger charge is 2.28. The van der Waals surface area contributed by atoms with Crippen LogP contribution in [0.1, 0.15) is 37.2 Å².